The Labute approximate surface area is 148 Å². The molecule has 0 aliphatic heterocycles. The third-order valence-corrected chi connectivity index (χ3v) is 4.73. The summed E-state index contributed by atoms with van der Waals surface area (Å²) in [6.45, 7) is 0. The lowest BCUT2D eigenvalue weighted by atomic mass is 9.83. The summed E-state index contributed by atoms with van der Waals surface area (Å²) in [6.07, 6.45) is 1.34. The fourth-order valence-corrected chi connectivity index (χ4v) is 3.61. The first-order valence-corrected chi connectivity index (χ1v) is 8.13. The van der Waals surface area contributed by atoms with Crippen molar-refractivity contribution in [2.45, 2.75) is 12.8 Å². The number of nitriles is 1. The largest absolute Gasteiger partial charge is 0.320 e. The predicted molar refractivity (Wildman–Crippen MR) is 96.7 cm³/mol. The van der Waals surface area contributed by atoms with Crippen molar-refractivity contribution in [2.24, 2.45) is 0 Å². The van der Waals surface area contributed by atoms with E-state index in [0.29, 0.717) is 23.2 Å². The zero-order valence-electron chi connectivity index (χ0n) is 13.7. The summed E-state index contributed by atoms with van der Waals surface area (Å²) < 4.78 is 0. The van der Waals surface area contributed by atoms with E-state index in [-0.39, 0.29) is 11.3 Å². The number of aromatic nitrogens is 1. The average Bonchev–Trinajstić information content (AvgIpc) is 2.66. The highest BCUT2D eigenvalue weighted by Crippen LogP contribution is 2.40. The molecule has 1 heterocycles. The minimum Gasteiger partial charge on any atom is -0.320 e. The van der Waals surface area contributed by atoms with Crippen molar-refractivity contribution in [2.75, 3.05) is 0 Å². The molecular weight excluding hydrogens is 330 g/mol. The highest BCUT2D eigenvalue weighted by Gasteiger charge is 2.27. The molecule has 0 radical (unpaired) electrons. The van der Waals surface area contributed by atoms with Crippen molar-refractivity contribution in [3.05, 3.63) is 85.7 Å². The van der Waals surface area contributed by atoms with E-state index in [1.54, 1.807) is 18.2 Å². The molecule has 0 atom stereocenters. The van der Waals surface area contributed by atoms with Gasteiger partial charge in [-0.15, -0.1) is 0 Å². The Kier molecular flexibility index (Phi) is 3.63. The number of fused-ring (bicyclic) bond motifs is 3. The molecule has 6 heteroatoms. The van der Waals surface area contributed by atoms with E-state index in [9.17, 15) is 20.2 Å². The molecule has 0 saturated carbocycles. The quantitative estimate of drug-likeness (QED) is 0.567. The molecule has 1 N–H and O–H groups in total. The van der Waals surface area contributed by atoms with Crippen LogP contribution in [0.15, 0.2) is 53.3 Å². The number of hydrogen-bond acceptors (Lipinski definition) is 4. The van der Waals surface area contributed by atoms with Gasteiger partial charge in [0, 0.05) is 17.2 Å². The van der Waals surface area contributed by atoms with Crippen LogP contribution >= 0.6 is 0 Å². The van der Waals surface area contributed by atoms with Gasteiger partial charge in [0.2, 0.25) is 0 Å². The van der Waals surface area contributed by atoms with E-state index >= 15 is 0 Å². The van der Waals surface area contributed by atoms with Crippen molar-refractivity contribution in [1.29, 1.82) is 5.26 Å². The lowest BCUT2D eigenvalue weighted by Gasteiger charge is -2.22. The third kappa shape index (κ3) is 2.30. The van der Waals surface area contributed by atoms with Crippen molar-refractivity contribution in [3.63, 3.8) is 0 Å². The van der Waals surface area contributed by atoms with E-state index in [2.05, 4.69) is 4.98 Å². The smallest absolute Gasteiger partial charge is 0.277 e. The number of aromatic amines is 1. The molecule has 0 saturated heterocycles. The molecule has 126 valence electrons. The van der Waals surface area contributed by atoms with Crippen LogP contribution in [-0.4, -0.2) is 9.91 Å². The van der Waals surface area contributed by atoms with Crippen molar-refractivity contribution < 1.29 is 4.92 Å². The summed E-state index contributed by atoms with van der Waals surface area (Å²) >= 11 is 0. The van der Waals surface area contributed by atoms with E-state index in [1.165, 1.54) is 6.07 Å². The van der Waals surface area contributed by atoms with E-state index in [0.717, 1.165) is 23.1 Å². The van der Waals surface area contributed by atoms with Gasteiger partial charge in [-0.05, 0) is 30.0 Å². The molecule has 26 heavy (non-hydrogen) atoms. The normalized spacial score (nSPS) is 12.0. The number of nitro groups is 1. The van der Waals surface area contributed by atoms with E-state index in [4.69, 9.17) is 0 Å². The minimum atomic E-state index is -0.531. The first-order chi connectivity index (χ1) is 12.6. The Bertz CT molecular complexity index is 1160. The van der Waals surface area contributed by atoms with Gasteiger partial charge in [0.25, 0.3) is 11.2 Å². The molecule has 1 aromatic heterocycles. The number of rotatable bonds is 2. The zero-order valence-corrected chi connectivity index (χ0v) is 13.7. The van der Waals surface area contributed by atoms with Gasteiger partial charge in [0.1, 0.15) is 11.6 Å². The Hall–Kier alpha value is -3.72. The standard InChI is InChI=1S/C20H13N3O3/c21-11-16-18(14-7-3-4-8-17(14)23(25)26)15-10-9-12-5-1-2-6-13(12)19(15)22-20(16)24/h1-8H,9-10H2,(H,22,24). The van der Waals surface area contributed by atoms with Crippen LogP contribution in [0.1, 0.15) is 16.7 Å². The number of H-pyrrole nitrogens is 1. The molecule has 1 aliphatic carbocycles. The van der Waals surface area contributed by atoms with Crippen LogP contribution in [0.4, 0.5) is 5.69 Å². The summed E-state index contributed by atoms with van der Waals surface area (Å²) in [5.74, 6) is 0. The first-order valence-electron chi connectivity index (χ1n) is 8.13. The van der Waals surface area contributed by atoms with Crippen molar-refractivity contribution in [1.82, 2.24) is 4.98 Å². The fourth-order valence-electron chi connectivity index (χ4n) is 3.61. The van der Waals surface area contributed by atoms with E-state index < -0.39 is 10.5 Å². The molecule has 0 bridgehead atoms. The lowest BCUT2D eigenvalue weighted by molar-refractivity contribution is -0.384. The molecule has 3 aromatic rings. The molecule has 0 unspecified atom stereocenters. The predicted octanol–water partition coefficient (Wildman–Crippen LogP) is 3.59. The average molecular weight is 343 g/mol. The Morgan fingerprint density at radius 2 is 1.73 bits per heavy atom. The molecule has 4 rings (SSSR count). The monoisotopic (exact) mass is 343 g/mol. The van der Waals surface area contributed by atoms with Gasteiger partial charge >= 0.3 is 0 Å². The number of pyridine rings is 1. The van der Waals surface area contributed by atoms with Crippen LogP contribution in [0.25, 0.3) is 22.4 Å². The highest BCUT2D eigenvalue weighted by molar-refractivity contribution is 5.86. The number of nitro benzene ring substituents is 1. The molecular formula is C20H13N3O3. The summed E-state index contributed by atoms with van der Waals surface area (Å²) in [5.41, 5.74) is 3.36. The molecule has 2 aromatic carbocycles. The summed E-state index contributed by atoms with van der Waals surface area (Å²) in [7, 11) is 0. The van der Waals surface area contributed by atoms with Gasteiger partial charge < -0.3 is 4.98 Å². The summed E-state index contributed by atoms with van der Waals surface area (Å²) in [5, 5.41) is 21.0. The maximum Gasteiger partial charge on any atom is 0.277 e. The van der Waals surface area contributed by atoms with Crippen LogP contribution in [0.3, 0.4) is 0 Å². The van der Waals surface area contributed by atoms with Gasteiger partial charge in [0.15, 0.2) is 0 Å². The number of nitrogens with zero attached hydrogens (tertiary/aromatic N) is 2. The molecule has 6 nitrogen and oxygen atoms in total. The van der Waals surface area contributed by atoms with Crippen LogP contribution in [0.5, 0.6) is 0 Å². The van der Waals surface area contributed by atoms with Gasteiger partial charge in [-0.1, -0.05) is 36.4 Å². The van der Waals surface area contributed by atoms with Crippen molar-refractivity contribution >= 4 is 5.69 Å². The highest BCUT2D eigenvalue weighted by atomic mass is 16.6. The molecule has 0 spiro atoms. The zero-order chi connectivity index (χ0) is 18.3. The van der Waals surface area contributed by atoms with Crippen molar-refractivity contribution in [3.8, 4) is 28.5 Å². The van der Waals surface area contributed by atoms with Crippen LogP contribution in [0, 0.1) is 21.4 Å². The fraction of sp³-hybridized carbons (Fsp3) is 0.100. The second-order valence-corrected chi connectivity index (χ2v) is 6.10. The number of aryl methyl sites for hydroxylation is 1. The van der Waals surface area contributed by atoms with Gasteiger partial charge in [-0.3, -0.25) is 14.9 Å². The van der Waals surface area contributed by atoms with Crippen LogP contribution in [-0.2, 0) is 12.8 Å². The SMILES string of the molecule is N#Cc1c(-c2ccccc2[N+](=O)[O-])c2c([nH]c1=O)-c1ccccc1CC2. The third-order valence-electron chi connectivity index (χ3n) is 4.73. The van der Waals surface area contributed by atoms with Gasteiger partial charge in [-0.25, -0.2) is 0 Å². The summed E-state index contributed by atoms with van der Waals surface area (Å²) in [4.78, 5) is 26.4. The summed E-state index contributed by atoms with van der Waals surface area (Å²) in [6, 6.07) is 15.9. The topological polar surface area (TPSA) is 99.8 Å². The Balaban J connectivity index is 2.13. The number of benzene rings is 2. The van der Waals surface area contributed by atoms with Crippen LogP contribution in [0.2, 0.25) is 0 Å². The number of para-hydroxylation sites is 1. The number of nitrogens with one attached hydrogen (secondary N) is 1. The second-order valence-electron chi connectivity index (χ2n) is 6.10. The molecule has 1 aliphatic rings. The number of hydrogen-bond donors (Lipinski definition) is 1. The van der Waals surface area contributed by atoms with Gasteiger partial charge in [-0.2, -0.15) is 5.26 Å². The minimum absolute atomic E-state index is 0.0857. The Morgan fingerprint density at radius 1 is 1.04 bits per heavy atom. The molecule has 0 amide bonds. The van der Waals surface area contributed by atoms with E-state index in [1.807, 2.05) is 30.3 Å². The maximum absolute atomic E-state index is 12.6. The maximum atomic E-state index is 12.6. The molecule has 0 fully saturated rings. The lowest BCUT2D eigenvalue weighted by Crippen LogP contribution is -2.19. The van der Waals surface area contributed by atoms with Crippen LogP contribution < -0.4 is 5.56 Å². The Morgan fingerprint density at radius 3 is 2.46 bits per heavy atom. The second kappa shape index (κ2) is 5.97. The van der Waals surface area contributed by atoms with Gasteiger partial charge in [0.05, 0.1) is 16.2 Å². The first kappa shape index (κ1) is 15.8.